The number of ether oxygens (including phenoxy) is 1. The van der Waals surface area contributed by atoms with Crippen molar-refractivity contribution in [1.29, 1.82) is 0 Å². The molecule has 19 heavy (non-hydrogen) atoms. The SMILES string of the molecule is O=C(CN1CCCOC1=O)NCc1ccc(Br)cc1. The van der Waals surface area contributed by atoms with Crippen molar-refractivity contribution in [2.24, 2.45) is 0 Å². The van der Waals surface area contributed by atoms with E-state index in [9.17, 15) is 9.59 Å². The molecule has 1 heterocycles. The minimum absolute atomic E-state index is 0.0510. The maximum atomic E-state index is 11.7. The van der Waals surface area contributed by atoms with Crippen molar-refractivity contribution in [2.75, 3.05) is 19.7 Å². The third-order valence-corrected chi connectivity index (χ3v) is 3.32. The molecule has 2 rings (SSSR count). The van der Waals surface area contributed by atoms with E-state index in [0.29, 0.717) is 19.7 Å². The normalized spacial score (nSPS) is 15.0. The summed E-state index contributed by atoms with van der Waals surface area (Å²) in [4.78, 5) is 24.5. The van der Waals surface area contributed by atoms with E-state index in [1.54, 1.807) is 0 Å². The van der Waals surface area contributed by atoms with Crippen molar-refractivity contribution in [3.63, 3.8) is 0 Å². The van der Waals surface area contributed by atoms with Crippen LogP contribution in [0.4, 0.5) is 4.79 Å². The zero-order valence-electron chi connectivity index (χ0n) is 10.4. The monoisotopic (exact) mass is 326 g/mol. The number of halogens is 1. The Morgan fingerprint density at radius 2 is 2.11 bits per heavy atom. The van der Waals surface area contributed by atoms with Gasteiger partial charge in [0.2, 0.25) is 5.91 Å². The van der Waals surface area contributed by atoms with Crippen molar-refractivity contribution >= 4 is 27.9 Å². The molecular formula is C13H15BrN2O3. The first kappa shape index (κ1) is 13.9. The Bertz CT molecular complexity index is 461. The summed E-state index contributed by atoms with van der Waals surface area (Å²) in [7, 11) is 0. The molecule has 0 saturated carbocycles. The van der Waals surface area contributed by atoms with Gasteiger partial charge in [0.15, 0.2) is 0 Å². The predicted octanol–water partition coefficient (Wildman–Crippen LogP) is 1.91. The fourth-order valence-electron chi connectivity index (χ4n) is 1.77. The van der Waals surface area contributed by atoms with E-state index in [-0.39, 0.29) is 12.5 Å². The molecular weight excluding hydrogens is 312 g/mol. The van der Waals surface area contributed by atoms with Gasteiger partial charge < -0.3 is 10.1 Å². The summed E-state index contributed by atoms with van der Waals surface area (Å²) in [6, 6.07) is 7.70. The highest BCUT2D eigenvalue weighted by Gasteiger charge is 2.21. The predicted molar refractivity (Wildman–Crippen MR) is 73.5 cm³/mol. The summed E-state index contributed by atoms with van der Waals surface area (Å²) in [5.74, 6) is -0.179. The average Bonchev–Trinajstić information content (AvgIpc) is 2.41. The van der Waals surface area contributed by atoms with Crippen LogP contribution in [0.1, 0.15) is 12.0 Å². The van der Waals surface area contributed by atoms with Gasteiger partial charge in [-0.2, -0.15) is 0 Å². The Labute approximate surface area is 120 Å². The molecule has 0 spiro atoms. The molecule has 0 aliphatic carbocycles. The van der Waals surface area contributed by atoms with Gasteiger partial charge in [0.05, 0.1) is 6.61 Å². The number of benzene rings is 1. The molecule has 0 radical (unpaired) electrons. The fourth-order valence-corrected chi connectivity index (χ4v) is 2.04. The lowest BCUT2D eigenvalue weighted by Gasteiger charge is -2.25. The van der Waals surface area contributed by atoms with Gasteiger partial charge >= 0.3 is 6.09 Å². The van der Waals surface area contributed by atoms with E-state index in [1.165, 1.54) is 4.90 Å². The second-order valence-corrected chi connectivity index (χ2v) is 5.21. The number of nitrogens with one attached hydrogen (secondary N) is 1. The summed E-state index contributed by atoms with van der Waals surface area (Å²) >= 11 is 3.35. The van der Waals surface area contributed by atoms with Crippen molar-refractivity contribution in [1.82, 2.24) is 10.2 Å². The van der Waals surface area contributed by atoms with Crippen LogP contribution in [0.3, 0.4) is 0 Å². The zero-order valence-corrected chi connectivity index (χ0v) is 12.0. The van der Waals surface area contributed by atoms with Crippen LogP contribution in [0.2, 0.25) is 0 Å². The molecule has 0 bridgehead atoms. The van der Waals surface area contributed by atoms with E-state index in [0.717, 1.165) is 16.5 Å². The first-order valence-corrected chi connectivity index (χ1v) is 6.87. The van der Waals surface area contributed by atoms with Crippen molar-refractivity contribution < 1.29 is 14.3 Å². The maximum Gasteiger partial charge on any atom is 0.410 e. The minimum atomic E-state index is -0.412. The molecule has 1 aromatic rings. The lowest BCUT2D eigenvalue weighted by atomic mass is 10.2. The van der Waals surface area contributed by atoms with Crippen LogP contribution in [-0.2, 0) is 16.1 Å². The molecule has 1 aliphatic heterocycles. The fraction of sp³-hybridized carbons (Fsp3) is 0.385. The molecule has 2 amide bonds. The lowest BCUT2D eigenvalue weighted by Crippen LogP contribution is -2.44. The van der Waals surface area contributed by atoms with E-state index >= 15 is 0 Å². The largest absolute Gasteiger partial charge is 0.449 e. The molecule has 1 N–H and O–H groups in total. The van der Waals surface area contributed by atoms with Crippen LogP contribution >= 0.6 is 15.9 Å². The highest BCUT2D eigenvalue weighted by atomic mass is 79.9. The standard InChI is InChI=1S/C13H15BrN2O3/c14-11-4-2-10(3-5-11)8-15-12(17)9-16-6-1-7-19-13(16)18/h2-5H,1,6-9H2,(H,15,17). The van der Waals surface area contributed by atoms with Gasteiger partial charge in [0, 0.05) is 17.6 Å². The average molecular weight is 327 g/mol. The van der Waals surface area contributed by atoms with Gasteiger partial charge in [-0.25, -0.2) is 4.79 Å². The Morgan fingerprint density at radius 3 is 2.79 bits per heavy atom. The van der Waals surface area contributed by atoms with E-state index < -0.39 is 6.09 Å². The molecule has 1 aromatic carbocycles. The summed E-state index contributed by atoms with van der Waals surface area (Å²) in [5.41, 5.74) is 1.01. The number of hydrogen-bond acceptors (Lipinski definition) is 3. The first-order chi connectivity index (χ1) is 9.15. The van der Waals surface area contributed by atoms with Crippen LogP contribution in [0.5, 0.6) is 0 Å². The Hall–Kier alpha value is -1.56. The smallest absolute Gasteiger partial charge is 0.410 e. The molecule has 0 unspecified atom stereocenters. The minimum Gasteiger partial charge on any atom is -0.449 e. The third kappa shape index (κ3) is 4.24. The van der Waals surface area contributed by atoms with Crippen LogP contribution in [0.25, 0.3) is 0 Å². The number of rotatable bonds is 4. The van der Waals surface area contributed by atoms with Crippen LogP contribution in [0, 0.1) is 0 Å². The van der Waals surface area contributed by atoms with Crippen LogP contribution in [0.15, 0.2) is 28.7 Å². The Kier molecular flexibility index (Phi) is 4.79. The molecule has 5 nitrogen and oxygen atoms in total. The molecule has 0 aromatic heterocycles. The maximum absolute atomic E-state index is 11.7. The van der Waals surface area contributed by atoms with Gasteiger partial charge in [-0.1, -0.05) is 28.1 Å². The number of amides is 2. The first-order valence-electron chi connectivity index (χ1n) is 6.08. The number of carbonyl (C=O) groups is 2. The second-order valence-electron chi connectivity index (χ2n) is 4.29. The lowest BCUT2D eigenvalue weighted by molar-refractivity contribution is -0.122. The van der Waals surface area contributed by atoms with Crippen LogP contribution in [-0.4, -0.2) is 36.6 Å². The second kappa shape index (κ2) is 6.56. The topological polar surface area (TPSA) is 58.6 Å². The van der Waals surface area contributed by atoms with Crippen LogP contribution < -0.4 is 5.32 Å². The Morgan fingerprint density at radius 1 is 1.37 bits per heavy atom. The highest BCUT2D eigenvalue weighted by Crippen LogP contribution is 2.10. The Balaban J connectivity index is 1.78. The van der Waals surface area contributed by atoms with Gasteiger partial charge in [-0.3, -0.25) is 9.69 Å². The van der Waals surface area contributed by atoms with E-state index in [4.69, 9.17) is 4.74 Å². The number of hydrogen-bond donors (Lipinski definition) is 1. The number of carbonyl (C=O) groups excluding carboxylic acids is 2. The molecule has 102 valence electrons. The quantitative estimate of drug-likeness (QED) is 0.919. The van der Waals surface area contributed by atoms with Crippen molar-refractivity contribution in [3.05, 3.63) is 34.3 Å². The highest BCUT2D eigenvalue weighted by molar-refractivity contribution is 9.10. The van der Waals surface area contributed by atoms with Gasteiger partial charge in [-0.15, -0.1) is 0 Å². The molecule has 1 fully saturated rings. The van der Waals surface area contributed by atoms with Crippen molar-refractivity contribution in [2.45, 2.75) is 13.0 Å². The molecule has 6 heteroatoms. The van der Waals surface area contributed by atoms with E-state index in [1.807, 2.05) is 24.3 Å². The summed E-state index contributed by atoms with van der Waals surface area (Å²) < 4.78 is 5.87. The summed E-state index contributed by atoms with van der Waals surface area (Å²) in [6.45, 7) is 1.52. The van der Waals surface area contributed by atoms with Gasteiger partial charge in [0.1, 0.15) is 6.54 Å². The van der Waals surface area contributed by atoms with Gasteiger partial charge in [0.25, 0.3) is 0 Å². The zero-order chi connectivity index (χ0) is 13.7. The number of cyclic esters (lactones) is 1. The molecule has 1 saturated heterocycles. The van der Waals surface area contributed by atoms with Crippen molar-refractivity contribution in [3.8, 4) is 0 Å². The molecule has 1 aliphatic rings. The number of nitrogens with zero attached hydrogens (tertiary/aromatic N) is 1. The summed E-state index contributed by atoms with van der Waals surface area (Å²) in [6.07, 6.45) is 0.358. The molecule has 0 atom stereocenters. The van der Waals surface area contributed by atoms with E-state index in [2.05, 4.69) is 21.2 Å². The third-order valence-electron chi connectivity index (χ3n) is 2.79. The summed E-state index contributed by atoms with van der Waals surface area (Å²) in [5, 5.41) is 2.78. The van der Waals surface area contributed by atoms with Gasteiger partial charge in [-0.05, 0) is 24.1 Å².